The Hall–Kier alpha value is -3.42. The highest BCUT2D eigenvalue weighted by atomic mass is 79.9. The summed E-state index contributed by atoms with van der Waals surface area (Å²) in [5.74, 6) is -1.17. The molecule has 6 nitrogen and oxygen atoms in total. The number of rotatable bonds is 6. The predicted molar refractivity (Wildman–Crippen MR) is 125 cm³/mol. The number of nitrogens with one attached hydrogen (secondary N) is 2. The van der Waals surface area contributed by atoms with Gasteiger partial charge in [-0.25, -0.2) is 5.43 Å². The summed E-state index contributed by atoms with van der Waals surface area (Å²) in [7, 11) is 0. The Bertz CT molecular complexity index is 1160. The van der Waals surface area contributed by atoms with Crippen LogP contribution in [-0.2, 0) is 4.79 Å². The van der Waals surface area contributed by atoms with Crippen LogP contribution in [0.1, 0.15) is 21.5 Å². The first-order valence-corrected chi connectivity index (χ1v) is 10.3. The lowest BCUT2D eigenvalue weighted by atomic mass is 10.1. The normalized spacial score (nSPS) is 11.4. The third kappa shape index (κ3) is 6.28. The molecule has 0 bridgehead atoms. The van der Waals surface area contributed by atoms with Gasteiger partial charge < -0.3 is 10.4 Å². The van der Waals surface area contributed by atoms with E-state index in [4.69, 9.17) is 11.6 Å². The fourth-order valence-electron chi connectivity index (χ4n) is 2.56. The molecule has 0 fully saturated rings. The highest BCUT2D eigenvalue weighted by Crippen LogP contribution is 2.20. The van der Waals surface area contributed by atoms with Gasteiger partial charge in [0.25, 0.3) is 11.8 Å². The van der Waals surface area contributed by atoms with Crippen LogP contribution in [0.25, 0.3) is 6.08 Å². The molecule has 0 aromatic heterocycles. The van der Waals surface area contributed by atoms with Crippen LogP contribution < -0.4 is 10.7 Å². The smallest absolute Gasteiger partial charge is 0.287 e. The van der Waals surface area contributed by atoms with E-state index in [0.29, 0.717) is 11.1 Å². The maximum Gasteiger partial charge on any atom is 0.287 e. The van der Waals surface area contributed by atoms with Gasteiger partial charge in [-0.05, 0) is 42.0 Å². The number of carbonyl (C=O) groups excluding carboxylic acids is 2. The molecule has 156 valence electrons. The van der Waals surface area contributed by atoms with Crippen molar-refractivity contribution in [3.8, 4) is 5.75 Å². The number of nitrogens with zero attached hydrogens (tertiary/aromatic N) is 1. The molecule has 3 N–H and O–H groups in total. The van der Waals surface area contributed by atoms with Gasteiger partial charge in [0.2, 0.25) is 0 Å². The van der Waals surface area contributed by atoms with Crippen molar-refractivity contribution < 1.29 is 14.7 Å². The topological polar surface area (TPSA) is 90.8 Å². The Morgan fingerprint density at radius 3 is 2.45 bits per heavy atom. The molecule has 0 aliphatic heterocycles. The van der Waals surface area contributed by atoms with Crippen LogP contribution in [0.15, 0.2) is 88.1 Å². The molecule has 0 radical (unpaired) electrons. The molecule has 0 saturated carbocycles. The van der Waals surface area contributed by atoms with E-state index >= 15 is 0 Å². The largest absolute Gasteiger partial charge is 0.507 e. The molecule has 0 aliphatic carbocycles. The fourth-order valence-corrected chi connectivity index (χ4v) is 3.16. The number of amides is 2. The van der Waals surface area contributed by atoms with Crippen molar-refractivity contribution in [3.05, 3.63) is 105 Å². The third-order valence-electron chi connectivity index (χ3n) is 4.08. The Balaban J connectivity index is 1.82. The number of phenolic OH excluding ortho intramolecular Hbond substituents is 1. The summed E-state index contributed by atoms with van der Waals surface area (Å²) in [4.78, 5) is 25.4. The quantitative estimate of drug-likeness (QED) is 0.261. The monoisotopic (exact) mass is 497 g/mol. The number of phenols is 1. The maximum absolute atomic E-state index is 12.7. The molecular formula is C23H17BrClN3O3. The summed E-state index contributed by atoms with van der Waals surface area (Å²) in [6.45, 7) is 0. The van der Waals surface area contributed by atoms with Gasteiger partial charge >= 0.3 is 0 Å². The predicted octanol–water partition coefficient (Wildman–Crippen LogP) is 4.73. The number of hydrogen-bond acceptors (Lipinski definition) is 4. The summed E-state index contributed by atoms with van der Waals surface area (Å²) in [5, 5.41) is 16.6. The van der Waals surface area contributed by atoms with Crippen molar-refractivity contribution in [2.24, 2.45) is 5.10 Å². The number of carbonyl (C=O) groups is 2. The van der Waals surface area contributed by atoms with E-state index in [1.165, 1.54) is 18.4 Å². The van der Waals surface area contributed by atoms with Gasteiger partial charge in [-0.3, -0.25) is 9.59 Å². The number of halogens is 2. The minimum Gasteiger partial charge on any atom is -0.507 e. The molecule has 0 heterocycles. The molecule has 0 spiro atoms. The van der Waals surface area contributed by atoms with Crippen molar-refractivity contribution in [2.45, 2.75) is 0 Å². The van der Waals surface area contributed by atoms with Gasteiger partial charge in [0.1, 0.15) is 11.4 Å². The van der Waals surface area contributed by atoms with E-state index in [0.717, 1.165) is 4.47 Å². The lowest BCUT2D eigenvalue weighted by Gasteiger charge is -2.10. The van der Waals surface area contributed by atoms with E-state index in [1.54, 1.807) is 48.5 Å². The highest BCUT2D eigenvalue weighted by Gasteiger charge is 2.16. The van der Waals surface area contributed by atoms with Crippen molar-refractivity contribution in [1.29, 1.82) is 0 Å². The molecule has 0 atom stereocenters. The average Bonchev–Trinajstić information content (AvgIpc) is 2.76. The molecule has 0 aliphatic rings. The van der Waals surface area contributed by atoms with Crippen LogP contribution in [0, 0.1) is 0 Å². The van der Waals surface area contributed by atoms with E-state index < -0.39 is 11.8 Å². The van der Waals surface area contributed by atoms with Crippen LogP contribution in [0.2, 0.25) is 5.02 Å². The number of hydrazone groups is 1. The first-order valence-electron chi connectivity index (χ1n) is 9.08. The summed E-state index contributed by atoms with van der Waals surface area (Å²) in [6, 6.07) is 20.4. The van der Waals surface area contributed by atoms with Crippen molar-refractivity contribution >= 4 is 51.6 Å². The van der Waals surface area contributed by atoms with Gasteiger partial charge in [0.05, 0.1) is 16.8 Å². The standard InChI is InChI=1S/C23H17BrClN3O3/c24-17-10-11-21(29)16(13-17)14-26-28-23(31)20(12-15-6-2-1-3-7-15)27-22(30)18-8-4-5-9-19(18)25/h1-14,29H,(H,27,30)(H,28,31)/b20-12+,26-14-. The average molecular weight is 499 g/mol. The third-order valence-corrected chi connectivity index (χ3v) is 4.90. The fraction of sp³-hybridized carbons (Fsp3) is 0. The van der Waals surface area contributed by atoms with Gasteiger partial charge in [0, 0.05) is 10.0 Å². The molecule has 8 heteroatoms. The van der Waals surface area contributed by atoms with Crippen molar-refractivity contribution in [3.63, 3.8) is 0 Å². The zero-order chi connectivity index (χ0) is 22.2. The Morgan fingerprint density at radius 1 is 1.00 bits per heavy atom. The van der Waals surface area contributed by atoms with Gasteiger partial charge in [-0.2, -0.15) is 5.10 Å². The van der Waals surface area contributed by atoms with E-state index in [-0.39, 0.29) is 22.0 Å². The number of benzene rings is 3. The summed E-state index contributed by atoms with van der Waals surface area (Å²) < 4.78 is 0.745. The number of aromatic hydroxyl groups is 1. The van der Waals surface area contributed by atoms with E-state index in [9.17, 15) is 14.7 Å². The van der Waals surface area contributed by atoms with Gasteiger partial charge in [0.15, 0.2) is 0 Å². The summed E-state index contributed by atoms with van der Waals surface area (Å²) >= 11 is 9.39. The van der Waals surface area contributed by atoms with E-state index in [1.807, 2.05) is 18.2 Å². The first kappa shape index (κ1) is 22.3. The van der Waals surface area contributed by atoms with Crippen LogP contribution in [0.5, 0.6) is 5.75 Å². The molecule has 0 unspecified atom stereocenters. The van der Waals surface area contributed by atoms with Gasteiger partial charge in [-0.1, -0.05) is 70.0 Å². The Kier molecular flexibility index (Phi) is 7.59. The van der Waals surface area contributed by atoms with Gasteiger partial charge in [-0.15, -0.1) is 0 Å². The zero-order valence-electron chi connectivity index (χ0n) is 16.0. The summed E-state index contributed by atoms with van der Waals surface area (Å²) in [6.07, 6.45) is 2.82. The van der Waals surface area contributed by atoms with Crippen LogP contribution >= 0.6 is 27.5 Å². The van der Waals surface area contributed by atoms with Crippen LogP contribution in [-0.4, -0.2) is 23.1 Å². The SMILES string of the molecule is O=C(N/N=C\c1cc(Br)ccc1O)/C(=C\c1ccccc1)NC(=O)c1ccccc1Cl. The minimum atomic E-state index is -0.644. The van der Waals surface area contributed by atoms with Crippen molar-refractivity contribution in [1.82, 2.24) is 10.7 Å². The van der Waals surface area contributed by atoms with E-state index in [2.05, 4.69) is 31.8 Å². The highest BCUT2D eigenvalue weighted by molar-refractivity contribution is 9.10. The molecule has 0 saturated heterocycles. The summed E-state index contributed by atoms with van der Waals surface area (Å²) in [5.41, 5.74) is 3.69. The second-order valence-corrected chi connectivity index (χ2v) is 7.63. The molecule has 3 aromatic carbocycles. The lowest BCUT2D eigenvalue weighted by molar-refractivity contribution is -0.117. The molecule has 31 heavy (non-hydrogen) atoms. The molecule has 3 rings (SSSR count). The zero-order valence-corrected chi connectivity index (χ0v) is 18.4. The Labute approximate surface area is 192 Å². The lowest BCUT2D eigenvalue weighted by Crippen LogP contribution is -2.33. The van der Waals surface area contributed by atoms with Crippen molar-refractivity contribution in [2.75, 3.05) is 0 Å². The molecule has 2 amide bonds. The molecular weight excluding hydrogens is 482 g/mol. The minimum absolute atomic E-state index is 0.00766. The Morgan fingerprint density at radius 2 is 1.71 bits per heavy atom. The number of hydrogen-bond donors (Lipinski definition) is 3. The van der Waals surface area contributed by atoms with Crippen LogP contribution in [0.3, 0.4) is 0 Å². The first-order chi connectivity index (χ1) is 14.9. The maximum atomic E-state index is 12.7. The second-order valence-electron chi connectivity index (χ2n) is 6.30. The van der Waals surface area contributed by atoms with Crippen LogP contribution in [0.4, 0.5) is 0 Å². The second kappa shape index (κ2) is 10.6. The molecule has 3 aromatic rings.